The maximum atomic E-state index is 5.73. The molecule has 0 aliphatic carbocycles. The van der Waals surface area contributed by atoms with Crippen molar-refractivity contribution in [2.24, 2.45) is 0 Å². The number of rotatable bonds is 4. The first-order valence-electron chi connectivity index (χ1n) is 4.15. The number of hydrogen-bond acceptors (Lipinski definition) is 3. The summed E-state index contributed by atoms with van der Waals surface area (Å²) in [6.07, 6.45) is 1.68. The second-order valence-electron chi connectivity index (χ2n) is 2.80. The van der Waals surface area contributed by atoms with Crippen molar-refractivity contribution in [3.8, 4) is 0 Å². The highest BCUT2D eigenvalue weighted by Crippen LogP contribution is 2.21. The summed E-state index contributed by atoms with van der Waals surface area (Å²) in [4.78, 5) is 4.20. The van der Waals surface area contributed by atoms with Gasteiger partial charge >= 0.3 is 0 Å². The van der Waals surface area contributed by atoms with E-state index in [9.17, 15) is 0 Å². The maximum absolute atomic E-state index is 5.73. The molecule has 1 atom stereocenters. The van der Waals surface area contributed by atoms with E-state index in [2.05, 4.69) is 17.2 Å². The van der Waals surface area contributed by atoms with Crippen LogP contribution in [0.1, 0.15) is 6.92 Å². The van der Waals surface area contributed by atoms with Crippen molar-refractivity contribution in [3.63, 3.8) is 0 Å². The van der Waals surface area contributed by atoms with Crippen LogP contribution in [0.4, 0.5) is 0 Å². The van der Waals surface area contributed by atoms with Gasteiger partial charge in [-0.15, -0.1) is 11.8 Å². The van der Waals surface area contributed by atoms with E-state index >= 15 is 0 Å². The Balaban J connectivity index is 2.49. The Morgan fingerprint density at radius 3 is 2.92 bits per heavy atom. The van der Waals surface area contributed by atoms with Crippen molar-refractivity contribution in [3.05, 3.63) is 23.4 Å². The normalized spacial score (nSPS) is 12.8. The van der Waals surface area contributed by atoms with E-state index in [1.54, 1.807) is 18.0 Å². The van der Waals surface area contributed by atoms with E-state index in [-0.39, 0.29) is 0 Å². The third-order valence-corrected chi connectivity index (χ3v) is 2.79. The van der Waals surface area contributed by atoms with Gasteiger partial charge < -0.3 is 5.32 Å². The third-order valence-electron chi connectivity index (χ3n) is 1.51. The van der Waals surface area contributed by atoms with Crippen LogP contribution in [-0.4, -0.2) is 23.8 Å². The Morgan fingerprint density at radius 2 is 2.38 bits per heavy atom. The van der Waals surface area contributed by atoms with Gasteiger partial charge in [0.25, 0.3) is 0 Å². The van der Waals surface area contributed by atoms with Gasteiger partial charge in [-0.3, -0.25) is 0 Å². The summed E-state index contributed by atoms with van der Waals surface area (Å²) in [6.45, 7) is 3.15. The first-order chi connectivity index (χ1) is 6.22. The zero-order chi connectivity index (χ0) is 9.68. The van der Waals surface area contributed by atoms with E-state index in [1.807, 2.05) is 19.2 Å². The number of aromatic nitrogens is 1. The van der Waals surface area contributed by atoms with Gasteiger partial charge in [-0.25, -0.2) is 4.98 Å². The molecule has 0 radical (unpaired) electrons. The minimum atomic E-state index is 0.527. The molecule has 4 heteroatoms. The highest BCUT2D eigenvalue weighted by atomic mass is 35.5. The van der Waals surface area contributed by atoms with Crippen molar-refractivity contribution in [1.29, 1.82) is 0 Å². The fraction of sp³-hybridized carbons (Fsp3) is 0.444. The van der Waals surface area contributed by atoms with Crippen LogP contribution in [0.15, 0.2) is 23.4 Å². The molecular weight excluding hydrogens is 204 g/mol. The van der Waals surface area contributed by atoms with E-state index < -0.39 is 0 Å². The van der Waals surface area contributed by atoms with Crippen LogP contribution in [0.25, 0.3) is 0 Å². The highest BCUT2D eigenvalue weighted by molar-refractivity contribution is 7.99. The van der Waals surface area contributed by atoms with Gasteiger partial charge in [-0.2, -0.15) is 0 Å². The van der Waals surface area contributed by atoms with Crippen molar-refractivity contribution in [2.45, 2.75) is 17.2 Å². The number of pyridine rings is 1. The van der Waals surface area contributed by atoms with Gasteiger partial charge in [0.15, 0.2) is 0 Å². The average molecular weight is 217 g/mol. The van der Waals surface area contributed by atoms with Crippen molar-refractivity contribution < 1.29 is 0 Å². The summed E-state index contributed by atoms with van der Waals surface area (Å²) in [6, 6.07) is 3.81. The zero-order valence-electron chi connectivity index (χ0n) is 7.75. The topological polar surface area (TPSA) is 24.9 Å². The second-order valence-corrected chi connectivity index (χ2v) is 4.70. The molecule has 2 nitrogen and oxygen atoms in total. The fourth-order valence-corrected chi connectivity index (χ4v) is 2.00. The number of hydrogen-bond donors (Lipinski definition) is 1. The lowest BCUT2D eigenvalue weighted by atomic mass is 10.5. The molecule has 1 rings (SSSR count). The summed E-state index contributed by atoms with van der Waals surface area (Å²) < 4.78 is 0. The minimum absolute atomic E-state index is 0.527. The fourth-order valence-electron chi connectivity index (χ4n) is 0.967. The van der Waals surface area contributed by atoms with Gasteiger partial charge in [0.05, 0.1) is 10.0 Å². The molecule has 0 aliphatic heterocycles. The predicted molar refractivity (Wildman–Crippen MR) is 58.5 cm³/mol. The number of nitrogens with one attached hydrogen (secondary N) is 1. The molecule has 0 fully saturated rings. The standard InChI is InChI=1S/C9H13ClN2S/c1-7(5-11-2)13-9-4-3-8(10)6-12-9/h3-4,6-7,11H,5H2,1-2H3. The smallest absolute Gasteiger partial charge is 0.0964 e. The molecule has 72 valence electrons. The largest absolute Gasteiger partial charge is 0.319 e. The van der Waals surface area contributed by atoms with Crippen molar-refractivity contribution >= 4 is 23.4 Å². The predicted octanol–water partition coefficient (Wildman–Crippen LogP) is 2.44. The van der Waals surface area contributed by atoms with Crippen LogP contribution in [0.5, 0.6) is 0 Å². The molecule has 1 aromatic heterocycles. The van der Waals surface area contributed by atoms with Crippen LogP contribution in [0.3, 0.4) is 0 Å². The van der Waals surface area contributed by atoms with Gasteiger partial charge in [0, 0.05) is 18.0 Å². The molecule has 0 amide bonds. The van der Waals surface area contributed by atoms with Gasteiger partial charge in [-0.1, -0.05) is 18.5 Å². The Kier molecular flexibility index (Phi) is 4.56. The van der Waals surface area contributed by atoms with Crippen LogP contribution in [0.2, 0.25) is 5.02 Å². The van der Waals surface area contributed by atoms with Gasteiger partial charge in [0.1, 0.15) is 0 Å². The third kappa shape index (κ3) is 3.98. The molecular formula is C9H13ClN2S. The Hall–Kier alpha value is -0.250. The molecule has 0 spiro atoms. The molecule has 1 aromatic rings. The lowest BCUT2D eigenvalue weighted by Gasteiger charge is -2.08. The summed E-state index contributed by atoms with van der Waals surface area (Å²) in [5.41, 5.74) is 0. The first-order valence-corrected chi connectivity index (χ1v) is 5.41. The van der Waals surface area contributed by atoms with Crippen molar-refractivity contribution in [1.82, 2.24) is 10.3 Å². The van der Waals surface area contributed by atoms with Crippen LogP contribution < -0.4 is 5.32 Å². The Bertz CT molecular complexity index is 250. The Labute approximate surface area is 88.1 Å². The SMILES string of the molecule is CNCC(C)Sc1ccc(Cl)cn1. The second kappa shape index (κ2) is 5.47. The van der Waals surface area contributed by atoms with Crippen LogP contribution >= 0.6 is 23.4 Å². The van der Waals surface area contributed by atoms with Crippen molar-refractivity contribution in [2.75, 3.05) is 13.6 Å². The van der Waals surface area contributed by atoms with Gasteiger partial charge in [-0.05, 0) is 19.2 Å². The van der Waals surface area contributed by atoms with E-state index in [0.717, 1.165) is 11.6 Å². The van der Waals surface area contributed by atoms with E-state index in [4.69, 9.17) is 11.6 Å². The molecule has 13 heavy (non-hydrogen) atoms. The number of thioether (sulfide) groups is 1. The average Bonchev–Trinajstić information content (AvgIpc) is 2.09. The molecule has 0 aliphatic rings. The summed E-state index contributed by atoms with van der Waals surface area (Å²) in [7, 11) is 1.95. The van der Waals surface area contributed by atoms with E-state index in [1.165, 1.54) is 0 Å². The highest BCUT2D eigenvalue weighted by Gasteiger charge is 2.03. The summed E-state index contributed by atoms with van der Waals surface area (Å²) in [5, 5.41) is 5.36. The maximum Gasteiger partial charge on any atom is 0.0964 e. The van der Waals surface area contributed by atoms with E-state index in [0.29, 0.717) is 10.3 Å². The molecule has 1 heterocycles. The Morgan fingerprint density at radius 1 is 1.62 bits per heavy atom. The zero-order valence-corrected chi connectivity index (χ0v) is 9.32. The van der Waals surface area contributed by atoms with Crippen LogP contribution in [-0.2, 0) is 0 Å². The monoisotopic (exact) mass is 216 g/mol. The molecule has 0 bridgehead atoms. The number of nitrogens with zero attached hydrogens (tertiary/aromatic N) is 1. The van der Waals surface area contributed by atoms with Gasteiger partial charge in [0.2, 0.25) is 0 Å². The number of halogens is 1. The molecule has 1 unspecified atom stereocenters. The lowest BCUT2D eigenvalue weighted by Crippen LogP contribution is -2.17. The first kappa shape index (κ1) is 10.8. The summed E-state index contributed by atoms with van der Waals surface area (Å²) in [5.74, 6) is 0. The minimum Gasteiger partial charge on any atom is -0.319 e. The lowest BCUT2D eigenvalue weighted by molar-refractivity contribution is 0.784. The molecule has 0 saturated carbocycles. The summed E-state index contributed by atoms with van der Waals surface area (Å²) >= 11 is 7.47. The van der Waals surface area contributed by atoms with Crippen LogP contribution in [0, 0.1) is 0 Å². The molecule has 0 saturated heterocycles. The quantitative estimate of drug-likeness (QED) is 0.783. The molecule has 0 aromatic carbocycles. The molecule has 1 N–H and O–H groups in total.